The van der Waals surface area contributed by atoms with Gasteiger partial charge in [0.15, 0.2) is 6.61 Å². The number of amides is 3. The fourth-order valence-electron chi connectivity index (χ4n) is 2.51. The van der Waals surface area contributed by atoms with E-state index in [0.717, 1.165) is 24.9 Å². The van der Waals surface area contributed by atoms with Gasteiger partial charge in [0.25, 0.3) is 5.91 Å². The standard InChI is InChI=1S/C22H24N4O4/c1-2-15-3-7-17(8-4-15)24-20(27)14-30-19-11-5-16(6-12-19)13-23-26-22(29)21(28)25-18-9-10-18/h3-8,11-13,18H,2,9-10,14H2,1H3,(H,24,27)(H,25,28)(H,26,29)/b23-13-. The first-order valence-electron chi connectivity index (χ1n) is 9.79. The van der Waals surface area contributed by atoms with Crippen molar-refractivity contribution >= 4 is 29.6 Å². The largest absolute Gasteiger partial charge is 0.484 e. The summed E-state index contributed by atoms with van der Waals surface area (Å²) in [4.78, 5) is 35.1. The fraction of sp³-hybridized carbons (Fsp3) is 0.273. The van der Waals surface area contributed by atoms with Crippen molar-refractivity contribution in [2.24, 2.45) is 5.10 Å². The van der Waals surface area contributed by atoms with E-state index in [0.29, 0.717) is 11.3 Å². The van der Waals surface area contributed by atoms with Crippen LogP contribution in [0.15, 0.2) is 53.6 Å². The molecule has 0 radical (unpaired) electrons. The molecule has 0 bridgehead atoms. The molecule has 3 rings (SSSR count). The number of nitrogens with one attached hydrogen (secondary N) is 3. The van der Waals surface area contributed by atoms with Crippen LogP contribution in [0.25, 0.3) is 0 Å². The Morgan fingerprint density at radius 1 is 1.03 bits per heavy atom. The van der Waals surface area contributed by atoms with Crippen LogP contribution in [0.4, 0.5) is 5.69 Å². The lowest BCUT2D eigenvalue weighted by molar-refractivity contribution is -0.139. The summed E-state index contributed by atoms with van der Waals surface area (Å²) in [6, 6.07) is 14.6. The molecule has 30 heavy (non-hydrogen) atoms. The number of hydrogen-bond acceptors (Lipinski definition) is 5. The Morgan fingerprint density at radius 3 is 2.37 bits per heavy atom. The van der Waals surface area contributed by atoms with Gasteiger partial charge in [0.1, 0.15) is 5.75 Å². The maximum atomic E-state index is 12.0. The van der Waals surface area contributed by atoms with Crippen LogP contribution in [0.2, 0.25) is 0 Å². The molecule has 0 unspecified atom stereocenters. The first-order chi connectivity index (χ1) is 14.5. The number of hydrazone groups is 1. The monoisotopic (exact) mass is 408 g/mol. The third-order valence-corrected chi connectivity index (χ3v) is 4.39. The van der Waals surface area contributed by atoms with Gasteiger partial charge in [-0.05, 0) is 66.8 Å². The van der Waals surface area contributed by atoms with E-state index in [2.05, 4.69) is 28.1 Å². The number of anilines is 1. The summed E-state index contributed by atoms with van der Waals surface area (Å²) < 4.78 is 5.48. The van der Waals surface area contributed by atoms with Crippen molar-refractivity contribution in [1.29, 1.82) is 0 Å². The van der Waals surface area contributed by atoms with Gasteiger partial charge in [-0.1, -0.05) is 19.1 Å². The zero-order valence-corrected chi connectivity index (χ0v) is 16.7. The number of ether oxygens (including phenoxy) is 1. The fourth-order valence-corrected chi connectivity index (χ4v) is 2.51. The van der Waals surface area contributed by atoms with Crippen LogP contribution < -0.4 is 20.8 Å². The van der Waals surface area contributed by atoms with Crippen LogP contribution in [-0.2, 0) is 20.8 Å². The lowest BCUT2D eigenvalue weighted by Gasteiger charge is -2.08. The van der Waals surface area contributed by atoms with Crippen LogP contribution in [0.3, 0.4) is 0 Å². The molecule has 2 aromatic rings. The Hall–Kier alpha value is -3.68. The van der Waals surface area contributed by atoms with Gasteiger partial charge in [0.2, 0.25) is 0 Å². The van der Waals surface area contributed by atoms with Crippen LogP contribution in [0.5, 0.6) is 5.75 Å². The van der Waals surface area contributed by atoms with Crippen molar-refractivity contribution in [2.45, 2.75) is 32.2 Å². The molecule has 8 heteroatoms. The Morgan fingerprint density at radius 2 is 1.73 bits per heavy atom. The molecule has 1 saturated carbocycles. The van der Waals surface area contributed by atoms with Gasteiger partial charge in [-0.2, -0.15) is 5.10 Å². The molecular formula is C22H24N4O4. The van der Waals surface area contributed by atoms with Crippen molar-refractivity contribution in [3.63, 3.8) is 0 Å². The smallest absolute Gasteiger partial charge is 0.329 e. The molecule has 0 aliphatic heterocycles. The van der Waals surface area contributed by atoms with E-state index >= 15 is 0 Å². The first kappa shape index (κ1) is 21.0. The summed E-state index contributed by atoms with van der Waals surface area (Å²) in [5, 5.41) is 9.12. The van der Waals surface area contributed by atoms with Crippen LogP contribution in [0.1, 0.15) is 30.9 Å². The van der Waals surface area contributed by atoms with E-state index in [1.54, 1.807) is 24.3 Å². The summed E-state index contributed by atoms with van der Waals surface area (Å²) in [6.45, 7) is 1.96. The highest BCUT2D eigenvalue weighted by atomic mass is 16.5. The molecule has 0 heterocycles. The van der Waals surface area contributed by atoms with Gasteiger partial charge in [0, 0.05) is 11.7 Å². The second-order valence-corrected chi connectivity index (χ2v) is 6.90. The maximum absolute atomic E-state index is 12.0. The summed E-state index contributed by atoms with van der Waals surface area (Å²) in [5.74, 6) is -1.21. The molecular weight excluding hydrogens is 384 g/mol. The van der Waals surface area contributed by atoms with Crippen LogP contribution in [-0.4, -0.2) is 36.6 Å². The molecule has 8 nitrogen and oxygen atoms in total. The summed E-state index contributed by atoms with van der Waals surface area (Å²) in [7, 11) is 0. The Bertz CT molecular complexity index is 919. The molecule has 0 atom stereocenters. The van der Waals surface area contributed by atoms with Crippen molar-refractivity contribution < 1.29 is 19.1 Å². The molecule has 0 aromatic heterocycles. The van der Waals surface area contributed by atoms with E-state index in [1.807, 2.05) is 24.3 Å². The second kappa shape index (κ2) is 10.2. The number of hydrogen-bond donors (Lipinski definition) is 3. The van der Waals surface area contributed by atoms with Crippen LogP contribution >= 0.6 is 0 Å². The predicted molar refractivity (Wildman–Crippen MR) is 113 cm³/mol. The quantitative estimate of drug-likeness (QED) is 0.353. The lowest BCUT2D eigenvalue weighted by Crippen LogP contribution is -2.38. The van der Waals surface area contributed by atoms with Gasteiger partial charge in [-0.3, -0.25) is 14.4 Å². The highest BCUT2D eigenvalue weighted by Crippen LogP contribution is 2.18. The molecule has 1 aliphatic carbocycles. The number of nitrogens with zero attached hydrogens (tertiary/aromatic N) is 1. The second-order valence-electron chi connectivity index (χ2n) is 6.90. The number of carbonyl (C=O) groups is 3. The predicted octanol–water partition coefficient (Wildman–Crippen LogP) is 2.00. The number of carbonyl (C=O) groups excluding carboxylic acids is 3. The topological polar surface area (TPSA) is 109 Å². The van der Waals surface area contributed by atoms with Crippen molar-refractivity contribution in [1.82, 2.24) is 10.7 Å². The van der Waals surface area contributed by atoms with E-state index in [4.69, 9.17) is 4.74 Å². The third-order valence-electron chi connectivity index (χ3n) is 4.39. The Labute approximate surface area is 174 Å². The molecule has 1 aliphatic rings. The van der Waals surface area contributed by atoms with E-state index < -0.39 is 11.8 Å². The average molecular weight is 408 g/mol. The van der Waals surface area contributed by atoms with E-state index in [1.165, 1.54) is 11.8 Å². The highest BCUT2D eigenvalue weighted by molar-refractivity contribution is 6.35. The molecule has 2 aromatic carbocycles. The maximum Gasteiger partial charge on any atom is 0.329 e. The third kappa shape index (κ3) is 6.73. The average Bonchev–Trinajstić information content (AvgIpc) is 3.57. The van der Waals surface area contributed by atoms with Crippen molar-refractivity contribution in [2.75, 3.05) is 11.9 Å². The van der Waals surface area contributed by atoms with Gasteiger partial charge in [0.05, 0.1) is 6.21 Å². The molecule has 0 saturated heterocycles. The highest BCUT2D eigenvalue weighted by Gasteiger charge is 2.26. The molecule has 1 fully saturated rings. The minimum atomic E-state index is -0.798. The van der Waals surface area contributed by atoms with Gasteiger partial charge in [-0.25, -0.2) is 5.43 Å². The SMILES string of the molecule is CCc1ccc(NC(=O)COc2ccc(/C=N\NC(=O)C(=O)NC3CC3)cc2)cc1. The molecule has 3 N–H and O–H groups in total. The lowest BCUT2D eigenvalue weighted by atomic mass is 10.1. The minimum Gasteiger partial charge on any atom is -0.484 e. The normalized spacial score (nSPS) is 13.0. The number of benzene rings is 2. The van der Waals surface area contributed by atoms with Gasteiger partial charge in [-0.15, -0.1) is 0 Å². The molecule has 3 amide bonds. The van der Waals surface area contributed by atoms with Crippen LogP contribution in [0, 0.1) is 0 Å². The van der Waals surface area contributed by atoms with Gasteiger partial charge < -0.3 is 15.4 Å². The Kier molecular flexibility index (Phi) is 7.15. The minimum absolute atomic E-state index is 0.114. The first-order valence-corrected chi connectivity index (χ1v) is 9.79. The summed E-state index contributed by atoms with van der Waals surface area (Å²) >= 11 is 0. The van der Waals surface area contributed by atoms with Gasteiger partial charge >= 0.3 is 11.8 Å². The van der Waals surface area contributed by atoms with E-state index in [9.17, 15) is 14.4 Å². The number of aryl methyl sites for hydroxylation is 1. The van der Waals surface area contributed by atoms with Crippen molar-refractivity contribution in [3.05, 3.63) is 59.7 Å². The van der Waals surface area contributed by atoms with Crippen molar-refractivity contribution in [3.8, 4) is 5.75 Å². The number of rotatable bonds is 8. The summed E-state index contributed by atoms with van der Waals surface area (Å²) in [5.41, 5.74) is 4.81. The van der Waals surface area contributed by atoms with E-state index in [-0.39, 0.29) is 18.6 Å². The zero-order chi connectivity index (χ0) is 21.3. The Balaban J connectivity index is 1.40. The molecule has 156 valence electrons. The summed E-state index contributed by atoms with van der Waals surface area (Å²) in [6.07, 6.45) is 4.17. The molecule has 0 spiro atoms. The zero-order valence-electron chi connectivity index (χ0n) is 16.7.